The maximum atomic E-state index is 5.73. The molecule has 0 spiro atoms. The Morgan fingerprint density at radius 3 is 2.21 bits per heavy atom. The fourth-order valence-corrected chi connectivity index (χ4v) is 1.70. The van der Waals surface area contributed by atoms with Crippen molar-refractivity contribution in [3.8, 4) is 11.5 Å². The lowest BCUT2D eigenvalue weighted by Crippen LogP contribution is -1.95. The van der Waals surface area contributed by atoms with Gasteiger partial charge < -0.3 is 20.9 Å². The second kappa shape index (κ2) is 6.11. The van der Waals surface area contributed by atoms with Crippen LogP contribution < -0.4 is 16.2 Å². The summed E-state index contributed by atoms with van der Waals surface area (Å²) in [7, 11) is 1.70. The van der Waals surface area contributed by atoms with Crippen LogP contribution >= 0.6 is 0 Å². The first-order chi connectivity index (χ1) is 9.19. The van der Waals surface area contributed by atoms with E-state index < -0.39 is 0 Å². The summed E-state index contributed by atoms with van der Waals surface area (Å²) in [4.78, 5) is 0. The third kappa shape index (κ3) is 3.63. The SMILES string of the molecule is COCCc1ccc(Oc2ccc(N)c(N)c2)cc1. The summed E-state index contributed by atoms with van der Waals surface area (Å²) < 4.78 is 10.7. The molecule has 4 nitrogen and oxygen atoms in total. The zero-order valence-corrected chi connectivity index (χ0v) is 10.9. The minimum absolute atomic E-state index is 0.522. The summed E-state index contributed by atoms with van der Waals surface area (Å²) in [5.41, 5.74) is 13.7. The van der Waals surface area contributed by atoms with Gasteiger partial charge in [-0.05, 0) is 36.2 Å². The Balaban J connectivity index is 2.04. The lowest BCUT2D eigenvalue weighted by atomic mass is 10.1. The van der Waals surface area contributed by atoms with Crippen molar-refractivity contribution in [2.24, 2.45) is 0 Å². The summed E-state index contributed by atoms with van der Waals surface area (Å²) in [6, 6.07) is 13.1. The minimum atomic E-state index is 0.522. The van der Waals surface area contributed by atoms with E-state index in [9.17, 15) is 0 Å². The van der Waals surface area contributed by atoms with Gasteiger partial charge in [-0.1, -0.05) is 12.1 Å². The van der Waals surface area contributed by atoms with Gasteiger partial charge in [-0.25, -0.2) is 0 Å². The molecule has 0 saturated carbocycles. The van der Waals surface area contributed by atoms with Gasteiger partial charge in [-0.15, -0.1) is 0 Å². The van der Waals surface area contributed by atoms with Crippen LogP contribution in [0.25, 0.3) is 0 Å². The van der Waals surface area contributed by atoms with Gasteiger partial charge in [-0.2, -0.15) is 0 Å². The molecule has 0 aliphatic rings. The first kappa shape index (κ1) is 13.2. The van der Waals surface area contributed by atoms with Crippen molar-refractivity contribution < 1.29 is 9.47 Å². The maximum Gasteiger partial charge on any atom is 0.129 e. The molecule has 19 heavy (non-hydrogen) atoms. The summed E-state index contributed by atoms with van der Waals surface area (Å²) in [5, 5.41) is 0. The number of methoxy groups -OCH3 is 1. The summed E-state index contributed by atoms with van der Waals surface area (Å²) in [6.07, 6.45) is 0.894. The van der Waals surface area contributed by atoms with E-state index in [-0.39, 0.29) is 0 Å². The summed E-state index contributed by atoms with van der Waals surface area (Å²) >= 11 is 0. The molecule has 0 bridgehead atoms. The van der Waals surface area contributed by atoms with E-state index in [1.165, 1.54) is 5.56 Å². The Bertz CT molecular complexity index is 538. The molecule has 0 fully saturated rings. The molecule has 4 N–H and O–H groups in total. The van der Waals surface area contributed by atoms with Crippen molar-refractivity contribution in [2.45, 2.75) is 6.42 Å². The molecule has 0 amide bonds. The molecule has 0 saturated heterocycles. The monoisotopic (exact) mass is 258 g/mol. The molecule has 0 aliphatic carbocycles. The molecule has 0 aromatic heterocycles. The van der Waals surface area contributed by atoms with E-state index in [0.717, 1.165) is 12.2 Å². The molecule has 0 radical (unpaired) electrons. The van der Waals surface area contributed by atoms with E-state index >= 15 is 0 Å². The second-order valence-corrected chi connectivity index (χ2v) is 4.28. The van der Waals surface area contributed by atoms with Crippen LogP contribution in [-0.2, 0) is 11.2 Å². The number of nitrogen functional groups attached to an aromatic ring is 2. The topological polar surface area (TPSA) is 70.5 Å². The van der Waals surface area contributed by atoms with Crippen molar-refractivity contribution in [3.63, 3.8) is 0 Å². The number of hydrogen-bond acceptors (Lipinski definition) is 4. The van der Waals surface area contributed by atoms with E-state index in [1.807, 2.05) is 24.3 Å². The first-order valence-electron chi connectivity index (χ1n) is 6.10. The third-order valence-corrected chi connectivity index (χ3v) is 2.81. The Labute approximate surface area is 112 Å². The highest BCUT2D eigenvalue weighted by atomic mass is 16.5. The van der Waals surface area contributed by atoms with Crippen LogP contribution in [0.15, 0.2) is 42.5 Å². The predicted molar refractivity (Wildman–Crippen MR) is 77.4 cm³/mol. The van der Waals surface area contributed by atoms with Crippen molar-refractivity contribution in [2.75, 3.05) is 25.2 Å². The van der Waals surface area contributed by atoms with Crippen LogP contribution in [0.1, 0.15) is 5.56 Å². The molecule has 2 aromatic carbocycles. The van der Waals surface area contributed by atoms with Crippen LogP contribution in [0.2, 0.25) is 0 Å². The minimum Gasteiger partial charge on any atom is -0.457 e. The molecule has 100 valence electrons. The van der Waals surface area contributed by atoms with Crippen LogP contribution in [0.4, 0.5) is 11.4 Å². The predicted octanol–water partition coefficient (Wildman–Crippen LogP) is 2.83. The summed E-state index contributed by atoms with van der Waals surface area (Å²) in [5.74, 6) is 1.45. The molecule has 0 heterocycles. The van der Waals surface area contributed by atoms with Gasteiger partial charge >= 0.3 is 0 Å². The average Bonchev–Trinajstić information content (AvgIpc) is 2.42. The lowest BCUT2D eigenvalue weighted by molar-refractivity contribution is 0.202. The molecule has 4 heteroatoms. The normalized spacial score (nSPS) is 10.4. The van der Waals surface area contributed by atoms with Crippen LogP contribution in [0.3, 0.4) is 0 Å². The second-order valence-electron chi connectivity index (χ2n) is 4.28. The maximum absolute atomic E-state index is 5.73. The number of anilines is 2. The highest BCUT2D eigenvalue weighted by molar-refractivity contribution is 5.65. The van der Waals surface area contributed by atoms with Crippen LogP contribution in [0.5, 0.6) is 11.5 Å². The Morgan fingerprint density at radius 2 is 1.58 bits per heavy atom. The van der Waals surface area contributed by atoms with Gasteiger partial charge in [0.2, 0.25) is 0 Å². The number of benzene rings is 2. The zero-order valence-electron chi connectivity index (χ0n) is 10.9. The molecular weight excluding hydrogens is 240 g/mol. The van der Waals surface area contributed by atoms with E-state index in [2.05, 4.69) is 0 Å². The average molecular weight is 258 g/mol. The van der Waals surface area contributed by atoms with Crippen molar-refractivity contribution in [3.05, 3.63) is 48.0 Å². The van der Waals surface area contributed by atoms with Crippen LogP contribution in [-0.4, -0.2) is 13.7 Å². The number of nitrogens with two attached hydrogens (primary N) is 2. The first-order valence-corrected chi connectivity index (χ1v) is 6.10. The number of hydrogen-bond donors (Lipinski definition) is 2. The smallest absolute Gasteiger partial charge is 0.129 e. The van der Waals surface area contributed by atoms with E-state index in [0.29, 0.717) is 23.7 Å². The molecular formula is C15H18N2O2. The molecule has 2 aromatic rings. The van der Waals surface area contributed by atoms with Gasteiger partial charge in [0.25, 0.3) is 0 Å². The van der Waals surface area contributed by atoms with Gasteiger partial charge in [0, 0.05) is 13.2 Å². The quantitative estimate of drug-likeness (QED) is 0.809. The number of rotatable bonds is 5. The molecule has 0 aliphatic heterocycles. The van der Waals surface area contributed by atoms with Gasteiger partial charge in [0.1, 0.15) is 11.5 Å². The fraction of sp³-hybridized carbons (Fsp3) is 0.200. The Hall–Kier alpha value is -2.20. The van der Waals surface area contributed by atoms with Crippen molar-refractivity contribution in [1.82, 2.24) is 0 Å². The lowest BCUT2D eigenvalue weighted by Gasteiger charge is -2.08. The highest BCUT2D eigenvalue weighted by Crippen LogP contribution is 2.26. The van der Waals surface area contributed by atoms with E-state index in [1.54, 1.807) is 25.3 Å². The number of ether oxygens (including phenoxy) is 2. The van der Waals surface area contributed by atoms with Crippen molar-refractivity contribution >= 4 is 11.4 Å². The molecule has 0 unspecified atom stereocenters. The largest absolute Gasteiger partial charge is 0.457 e. The van der Waals surface area contributed by atoms with Gasteiger partial charge in [0.05, 0.1) is 18.0 Å². The molecule has 2 rings (SSSR count). The Morgan fingerprint density at radius 1 is 0.895 bits per heavy atom. The summed E-state index contributed by atoms with van der Waals surface area (Å²) in [6.45, 7) is 0.717. The fourth-order valence-electron chi connectivity index (χ4n) is 1.70. The van der Waals surface area contributed by atoms with Gasteiger partial charge in [-0.3, -0.25) is 0 Å². The van der Waals surface area contributed by atoms with E-state index in [4.69, 9.17) is 20.9 Å². The Kier molecular flexibility index (Phi) is 4.26. The molecule has 0 atom stereocenters. The zero-order chi connectivity index (χ0) is 13.7. The van der Waals surface area contributed by atoms with Crippen molar-refractivity contribution in [1.29, 1.82) is 0 Å². The van der Waals surface area contributed by atoms with Crippen LogP contribution in [0, 0.1) is 0 Å². The third-order valence-electron chi connectivity index (χ3n) is 2.81. The van der Waals surface area contributed by atoms with Gasteiger partial charge in [0.15, 0.2) is 0 Å². The standard InChI is InChI=1S/C15H18N2O2/c1-18-9-8-11-2-4-12(5-3-11)19-13-6-7-14(16)15(17)10-13/h2-7,10H,8-9,16-17H2,1H3. The highest BCUT2D eigenvalue weighted by Gasteiger charge is 2.01.